The number of carbonyl (C=O) groups is 1. The van der Waals surface area contributed by atoms with Crippen LogP contribution in [0.5, 0.6) is 0 Å². The van der Waals surface area contributed by atoms with Crippen molar-refractivity contribution >= 4 is 17.8 Å². The molecule has 1 aliphatic rings. The second-order valence-electron chi connectivity index (χ2n) is 2.30. The number of fused-ring (bicyclic) bond motifs is 1. The molecule has 11 heavy (non-hydrogen) atoms. The molecule has 0 radical (unpaired) electrons. The van der Waals surface area contributed by atoms with Crippen molar-refractivity contribution in [1.82, 2.24) is 4.98 Å². The zero-order chi connectivity index (χ0) is 7.68. The van der Waals surface area contributed by atoms with Crippen molar-refractivity contribution in [1.29, 1.82) is 0 Å². The molecule has 4 heteroatoms. The van der Waals surface area contributed by atoms with Gasteiger partial charge in [0.25, 0.3) is 0 Å². The summed E-state index contributed by atoms with van der Waals surface area (Å²) in [5.74, 6) is 0.740. The fourth-order valence-electron chi connectivity index (χ4n) is 1.06. The number of pyridine rings is 1. The van der Waals surface area contributed by atoms with Gasteiger partial charge in [0.2, 0.25) is 0 Å². The van der Waals surface area contributed by atoms with E-state index in [1.54, 1.807) is 6.20 Å². The number of carbonyl (C=O) groups excluding carboxylic acids is 1. The summed E-state index contributed by atoms with van der Waals surface area (Å²) in [5.41, 5.74) is 0.879. The molecule has 1 aromatic rings. The molecule has 0 saturated carbocycles. The number of hydrogen-bond donors (Lipinski definition) is 2. The zero-order valence-electron chi connectivity index (χ0n) is 5.74. The lowest BCUT2D eigenvalue weighted by Crippen LogP contribution is -2.23. The van der Waals surface area contributed by atoms with Gasteiger partial charge >= 0.3 is 0 Å². The Morgan fingerprint density at radius 3 is 3.18 bits per heavy atom. The summed E-state index contributed by atoms with van der Waals surface area (Å²) in [7, 11) is 0. The van der Waals surface area contributed by atoms with Gasteiger partial charge in [-0.15, -0.1) is 0 Å². The van der Waals surface area contributed by atoms with Crippen molar-refractivity contribution in [3.63, 3.8) is 0 Å². The number of anilines is 2. The standard InChI is InChI=1S/C7H7N3O/c11-4-6-9-5-2-1-3-8-7(5)10-6/h1-4,6,9H,(H,8,10). The Labute approximate surface area is 63.6 Å². The van der Waals surface area contributed by atoms with Crippen LogP contribution in [-0.4, -0.2) is 17.4 Å². The lowest BCUT2D eigenvalue weighted by molar-refractivity contribution is -0.107. The van der Waals surface area contributed by atoms with Crippen molar-refractivity contribution in [2.75, 3.05) is 10.6 Å². The molecule has 1 unspecified atom stereocenters. The minimum Gasteiger partial charge on any atom is -0.356 e. The molecular formula is C7H7N3O. The number of aldehydes is 1. The maximum Gasteiger partial charge on any atom is 0.162 e. The topological polar surface area (TPSA) is 54.0 Å². The van der Waals surface area contributed by atoms with Gasteiger partial charge in [-0.05, 0) is 12.1 Å². The Balaban J connectivity index is 2.33. The van der Waals surface area contributed by atoms with E-state index in [0.717, 1.165) is 17.8 Å². The van der Waals surface area contributed by atoms with E-state index in [1.165, 1.54) is 0 Å². The minimum absolute atomic E-state index is 0.320. The van der Waals surface area contributed by atoms with Gasteiger partial charge in [-0.3, -0.25) is 4.79 Å². The van der Waals surface area contributed by atoms with Crippen molar-refractivity contribution in [2.45, 2.75) is 6.17 Å². The Bertz CT molecular complexity index is 262. The smallest absolute Gasteiger partial charge is 0.162 e. The first-order valence-corrected chi connectivity index (χ1v) is 3.33. The number of nitrogens with zero attached hydrogens (tertiary/aromatic N) is 1. The molecule has 0 spiro atoms. The second kappa shape index (κ2) is 2.23. The van der Waals surface area contributed by atoms with Crippen molar-refractivity contribution in [3.05, 3.63) is 18.3 Å². The highest BCUT2D eigenvalue weighted by atomic mass is 16.1. The van der Waals surface area contributed by atoms with Crippen LogP contribution in [0.3, 0.4) is 0 Å². The third-order valence-corrected chi connectivity index (χ3v) is 1.55. The average molecular weight is 149 g/mol. The van der Waals surface area contributed by atoms with E-state index in [9.17, 15) is 4.79 Å². The van der Waals surface area contributed by atoms with E-state index in [4.69, 9.17) is 0 Å². The predicted octanol–water partition coefficient (Wildman–Crippen LogP) is 0.444. The van der Waals surface area contributed by atoms with Gasteiger partial charge < -0.3 is 10.6 Å². The molecule has 2 N–H and O–H groups in total. The first-order valence-electron chi connectivity index (χ1n) is 3.33. The maximum absolute atomic E-state index is 10.3. The molecular weight excluding hydrogens is 142 g/mol. The molecule has 0 bridgehead atoms. The van der Waals surface area contributed by atoms with Gasteiger partial charge in [0, 0.05) is 6.20 Å². The molecule has 56 valence electrons. The first kappa shape index (κ1) is 6.15. The van der Waals surface area contributed by atoms with Crippen molar-refractivity contribution < 1.29 is 4.79 Å². The fraction of sp³-hybridized carbons (Fsp3) is 0.143. The van der Waals surface area contributed by atoms with Gasteiger partial charge in [-0.25, -0.2) is 4.98 Å². The third kappa shape index (κ3) is 0.920. The molecule has 2 heterocycles. The normalized spacial score (nSPS) is 19.8. The highest BCUT2D eigenvalue weighted by Crippen LogP contribution is 2.24. The predicted molar refractivity (Wildman–Crippen MR) is 41.3 cm³/mol. The Kier molecular flexibility index (Phi) is 1.25. The molecule has 2 rings (SSSR count). The molecule has 1 aliphatic heterocycles. The second-order valence-corrected chi connectivity index (χ2v) is 2.30. The third-order valence-electron chi connectivity index (χ3n) is 1.55. The molecule has 4 nitrogen and oxygen atoms in total. The number of nitrogens with one attached hydrogen (secondary N) is 2. The van der Waals surface area contributed by atoms with E-state index in [2.05, 4.69) is 15.6 Å². The Morgan fingerprint density at radius 2 is 2.45 bits per heavy atom. The number of aromatic nitrogens is 1. The minimum atomic E-state index is -0.320. The lowest BCUT2D eigenvalue weighted by atomic mass is 10.4. The maximum atomic E-state index is 10.3. The zero-order valence-corrected chi connectivity index (χ0v) is 5.74. The van der Waals surface area contributed by atoms with Crippen LogP contribution in [0.15, 0.2) is 18.3 Å². The molecule has 0 aromatic carbocycles. The first-order chi connectivity index (χ1) is 5.40. The van der Waals surface area contributed by atoms with Crippen molar-refractivity contribution in [2.24, 2.45) is 0 Å². The monoisotopic (exact) mass is 149 g/mol. The largest absolute Gasteiger partial charge is 0.356 e. The van der Waals surface area contributed by atoms with Crippen LogP contribution in [0.2, 0.25) is 0 Å². The van der Waals surface area contributed by atoms with Crippen LogP contribution in [0.4, 0.5) is 11.5 Å². The summed E-state index contributed by atoms with van der Waals surface area (Å²) in [6.07, 6.45) is 2.17. The van der Waals surface area contributed by atoms with Gasteiger partial charge in [0.15, 0.2) is 18.3 Å². The summed E-state index contributed by atoms with van der Waals surface area (Å²) in [6.45, 7) is 0. The SMILES string of the molecule is O=CC1Nc2cccnc2N1. The van der Waals surface area contributed by atoms with Crippen LogP contribution >= 0.6 is 0 Å². The van der Waals surface area contributed by atoms with E-state index < -0.39 is 0 Å². The number of hydrogen-bond acceptors (Lipinski definition) is 4. The van der Waals surface area contributed by atoms with Gasteiger partial charge in [0.1, 0.15) is 0 Å². The van der Waals surface area contributed by atoms with Crippen LogP contribution in [0, 0.1) is 0 Å². The summed E-state index contributed by atoms with van der Waals surface area (Å²) < 4.78 is 0. The molecule has 0 saturated heterocycles. The Hall–Kier alpha value is -1.58. The van der Waals surface area contributed by atoms with Gasteiger partial charge in [0.05, 0.1) is 5.69 Å². The highest BCUT2D eigenvalue weighted by molar-refractivity contribution is 5.80. The summed E-state index contributed by atoms with van der Waals surface area (Å²) >= 11 is 0. The molecule has 1 atom stereocenters. The lowest BCUT2D eigenvalue weighted by Gasteiger charge is -1.99. The van der Waals surface area contributed by atoms with Crippen LogP contribution in [0.25, 0.3) is 0 Å². The van der Waals surface area contributed by atoms with Gasteiger partial charge in [-0.1, -0.05) is 0 Å². The van der Waals surface area contributed by atoms with Crippen molar-refractivity contribution in [3.8, 4) is 0 Å². The Morgan fingerprint density at radius 1 is 1.55 bits per heavy atom. The van der Waals surface area contributed by atoms with Crippen LogP contribution < -0.4 is 10.6 Å². The van der Waals surface area contributed by atoms with E-state index >= 15 is 0 Å². The summed E-state index contributed by atoms with van der Waals surface area (Å²) in [5, 5.41) is 5.84. The van der Waals surface area contributed by atoms with E-state index in [1.807, 2.05) is 12.1 Å². The van der Waals surface area contributed by atoms with E-state index in [-0.39, 0.29) is 6.17 Å². The van der Waals surface area contributed by atoms with Crippen LogP contribution in [-0.2, 0) is 4.79 Å². The summed E-state index contributed by atoms with van der Waals surface area (Å²) in [4.78, 5) is 14.3. The quantitative estimate of drug-likeness (QED) is 0.569. The van der Waals surface area contributed by atoms with Gasteiger partial charge in [-0.2, -0.15) is 0 Å². The fourth-order valence-corrected chi connectivity index (χ4v) is 1.06. The molecule has 0 aliphatic carbocycles. The summed E-state index contributed by atoms with van der Waals surface area (Å²) in [6, 6.07) is 3.69. The van der Waals surface area contributed by atoms with E-state index in [0.29, 0.717) is 0 Å². The molecule has 1 aromatic heterocycles. The highest BCUT2D eigenvalue weighted by Gasteiger charge is 2.18. The number of rotatable bonds is 1. The van der Waals surface area contributed by atoms with Crippen LogP contribution in [0.1, 0.15) is 0 Å². The average Bonchev–Trinajstić information content (AvgIpc) is 2.46. The molecule has 0 amide bonds. The molecule has 0 fully saturated rings.